The van der Waals surface area contributed by atoms with Crippen LogP contribution in [0.25, 0.3) is 0 Å². The Bertz CT molecular complexity index is 445. The highest BCUT2D eigenvalue weighted by molar-refractivity contribution is 7.91. The molecule has 82 valence electrons. The van der Waals surface area contributed by atoms with E-state index in [2.05, 4.69) is 6.58 Å². The minimum absolute atomic E-state index is 0.0293. The van der Waals surface area contributed by atoms with Gasteiger partial charge in [0.05, 0.1) is 12.0 Å². The summed E-state index contributed by atoms with van der Waals surface area (Å²) in [7, 11) is -2.18. The third kappa shape index (κ3) is 2.99. The maximum absolute atomic E-state index is 11.3. The number of ether oxygens (including phenoxy) is 1. The summed E-state index contributed by atoms with van der Waals surface area (Å²) in [5, 5.41) is 0. The lowest BCUT2D eigenvalue weighted by Gasteiger charge is -2.06. The van der Waals surface area contributed by atoms with E-state index in [4.69, 9.17) is 8.92 Å². The van der Waals surface area contributed by atoms with E-state index in [-0.39, 0.29) is 10.7 Å². The van der Waals surface area contributed by atoms with Crippen LogP contribution in [-0.4, -0.2) is 15.5 Å². The zero-order valence-electron chi connectivity index (χ0n) is 8.56. The van der Waals surface area contributed by atoms with Crippen LogP contribution in [0, 0.1) is 0 Å². The van der Waals surface area contributed by atoms with E-state index in [1.165, 1.54) is 26.2 Å². The molecule has 0 fully saturated rings. The predicted molar refractivity (Wildman–Crippen MR) is 57.4 cm³/mol. The van der Waals surface area contributed by atoms with Crippen molar-refractivity contribution < 1.29 is 17.3 Å². The maximum atomic E-state index is 11.3. The molecule has 1 aromatic carbocycles. The quantitative estimate of drug-likeness (QED) is 0.739. The summed E-state index contributed by atoms with van der Waals surface area (Å²) in [6.45, 7) is 4.69. The van der Waals surface area contributed by atoms with Gasteiger partial charge >= 0.3 is 10.1 Å². The summed E-state index contributed by atoms with van der Waals surface area (Å²) in [4.78, 5) is -0.0293. The molecule has 5 heteroatoms. The molecule has 0 aliphatic heterocycles. The van der Waals surface area contributed by atoms with E-state index >= 15 is 0 Å². The fraction of sp³-hybridized carbons (Fsp3) is 0.200. The number of benzene rings is 1. The van der Waals surface area contributed by atoms with Crippen molar-refractivity contribution in [1.82, 2.24) is 0 Å². The van der Waals surface area contributed by atoms with Crippen LogP contribution in [0.5, 0.6) is 11.5 Å². The van der Waals surface area contributed by atoms with Gasteiger partial charge in [-0.1, -0.05) is 6.58 Å². The largest absolute Gasteiger partial charge is 0.497 e. The molecule has 0 aliphatic rings. The van der Waals surface area contributed by atoms with Gasteiger partial charge in [0, 0.05) is 0 Å². The van der Waals surface area contributed by atoms with Crippen LogP contribution in [0.1, 0.15) is 6.92 Å². The van der Waals surface area contributed by atoms with Gasteiger partial charge < -0.3 is 8.92 Å². The molecule has 0 saturated carbocycles. The monoisotopic (exact) mass is 228 g/mol. The Morgan fingerprint density at radius 3 is 2.07 bits per heavy atom. The molecule has 0 saturated heterocycles. The Morgan fingerprint density at radius 2 is 1.67 bits per heavy atom. The van der Waals surface area contributed by atoms with Crippen molar-refractivity contribution in [3.8, 4) is 11.5 Å². The van der Waals surface area contributed by atoms with Gasteiger partial charge in [0.1, 0.15) is 11.5 Å². The number of hydrogen-bond donors (Lipinski definition) is 0. The molecule has 0 unspecified atom stereocenters. The molecule has 4 nitrogen and oxygen atoms in total. The average molecular weight is 228 g/mol. The van der Waals surface area contributed by atoms with Crippen molar-refractivity contribution in [1.29, 1.82) is 0 Å². The molecule has 0 N–H and O–H groups in total. The van der Waals surface area contributed by atoms with Crippen molar-refractivity contribution in [3.63, 3.8) is 0 Å². The van der Waals surface area contributed by atoms with Crippen LogP contribution >= 0.6 is 0 Å². The lowest BCUT2D eigenvalue weighted by molar-refractivity contribution is 0.413. The average Bonchev–Trinajstić information content (AvgIpc) is 2.18. The summed E-state index contributed by atoms with van der Waals surface area (Å²) in [6, 6.07) is 6.26. The fourth-order valence-corrected chi connectivity index (χ4v) is 1.34. The Morgan fingerprint density at radius 1 is 1.20 bits per heavy atom. The highest BCUT2D eigenvalue weighted by Crippen LogP contribution is 2.20. The lowest BCUT2D eigenvalue weighted by atomic mass is 10.3. The Hall–Kier alpha value is -1.49. The maximum Gasteiger partial charge on any atom is 0.334 e. The topological polar surface area (TPSA) is 52.6 Å². The molecule has 0 radical (unpaired) electrons. The molecule has 0 spiro atoms. The van der Waals surface area contributed by atoms with Gasteiger partial charge in [-0.2, -0.15) is 8.42 Å². The second-order valence-corrected chi connectivity index (χ2v) is 4.69. The van der Waals surface area contributed by atoms with Crippen LogP contribution in [-0.2, 0) is 10.1 Å². The number of hydrogen-bond acceptors (Lipinski definition) is 4. The van der Waals surface area contributed by atoms with Crippen LogP contribution in [0.4, 0.5) is 0 Å². The second kappa shape index (κ2) is 4.35. The SMILES string of the molecule is C=C(C)S(=O)(=O)Oc1ccc(OC)cc1. The second-order valence-electron chi connectivity index (χ2n) is 2.92. The van der Waals surface area contributed by atoms with E-state index in [1.54, 1.807) is 12.1 Å². The zero-order chi connectivity index (χ0) is 11.5. The molecule has 0 amide bonds. The normalized spacial score (nSPS) is 10.8. The van der Waals surface area contributed by atoms with Crippen molar-refractivity contribution in [2.45, 2.75) is 6.92 Å². The molecule has 0 aliphatic carbocycles. The molecule has 0 heterocycles. The number of allylic oxidation sites excluding steroid dienone is 1. The van der Waals surface area contributed by atoms with E-state index in [1.807, 2.05) is 0 Å². The molecule has 15 heavy (non-hydrogen) atoms. The van der Waals surface area contributed by atoms with Crippen molar-refractivity contribution in [2.75, 3.05) is 7.11 Å². The van der Waals surface area contributed by atoms with Crippen LogP contribution in [0.2, 0.25) is 0 Å². The first kappa shape index (κ1) is 11.6. The molecule has 1 rings (SSSR count). The van der Waals surface area contributed by atoms with E-state index in [0.29, 0.717) is 5.75 Å². The smallest absolute Gasteiger partial charge is 0.334 e. The van der Waals surface area contributed by atoms with Crippen molar-refractivity contribution in [2.24, 2.45) is 0 Å². The minimum atomic E-state index is -3.71. The van der Waals surface area contributed by atoms with Crippen LogP contribution in [0.15, 0.2) is 35.7 Å². The molecule has 0 bridgehead atoms. The Balaban J connectivity index is 2.87. The third-order valence-electron chi connectivity index (χ3n) is 1.69. The third-order valence-corrected chi connectivity index (χ3v) is 2.96. The summed E-state index contributed by atoms with van der Waals surface area (Å²) in [5.74, 6) is 0.869. The zero-order valence-corrected chi connectivity index (χ0v) is 9.37. The number of rotatable bonds is 4. The van der Waals surface area contributed by atoms with Gasteiger partial charge in [-0.15, -0.1) is 0 Å². The van der Waals surface area contributed by atoms with Gasteiger partial charge in [0.15, 0.2) is 0 Å². The first-order valence-electron chi connectivity index (χ1n) is 4.20. The van der Waals surface area contributed by atoms with E-state index in [9.17, 15) is 8.42 Å². The van der Waals surface area contributed by atoms with Crippen molar-refractivity contribution in [3.05, 3.63) is 35.7 Å². The summed E-state index contributed by atoms with van der Waals surface area (Å²) in [5.41, 5.74) is 0. The standard InChI is InChI=1S/C10H12O4S/c1-8(2)15(11,12)14-10-6-4-9(13-3)5-7-10/h4-7H,1H2,2-3H3. The Kier molecular flexibility index (Phi) is 3.36. The van der Waals surface area contributed by atoms with Gasteiger partial charge in [-0.3, -0.25) is 0 Å². The molecule has 0 atom stereocenters. The molecule has 0 aromatic heterocycles. The lowest BCUT2D eigenvalue weighted by Crippen LogP contribution is -2.09. The first-order chi connectivity index (χ1) is 6.95. The molecule has 1 aromatic rings. The highest BCUT2D eigenvalue weighted by Gasteiger charge is 2.13. The van der Waals surface area contributed by atoms with Crippen LogP contribution in [0.3, 0.4) is 0 Å². The van der Waals surface area contributed by atoms with E-state index < -0.39 is 10.1 Å². The molecular weight excluding hydrogens is 216 g/mol. The van der Waals surface area contributed by atoms with E-state index in [0.717, 1.165) is 0 Å². The minimum Gasteiger partial charge on any atom is -0.497 e. The fourth-order valence-electron chi connectivity index (χ4n) is 0.829. The summed E-state index contributed by atoms with van der Waals surface area (Å²) < 4.78 is 32.3. The van der Waals surface area contributed by atoms with Gasteiger partial charge in [0.2, 0.25) is 0 Å². The van der Waals surface area contributed by atoms with Crippen LogP contribution < -0.4 is 8.92 Å². The van der Waals surface area contributed by atoms with Gasteiger partial charge in [0.25, 0.3) is 0 Å². The van der Waals surface area contributed by atoms with Gasteiger partial charge in [-0.05, 0) is 31.2 Å². The Labute approximate surface area is 89.3 Å². The van der Waals surface area contributed by atoms with Gasteiger partial charge in [-0.25, -0.2) is 0 Å². The predicted octanol–water partition coefficient (Wildman–Crippen LogP) is 1.94. The summed E-state index contributed by atoms with van der Waals surface area (Å²) in [6.07, 6.45) is 0. The highest BCUT2D eigenvalue weighted by atomic mass is 32.2. The first-order valence-corrected chi connectivity index (χ1v) is 5.60. The van der Waals surface area contributed by atoms with Crippen molar-refractivity contribution >= 4 is 10.1 Å². The number of methoxy groups -OCH3 is 1. The molecular formula is C10H12O4S. The summed E-state index contributed by atoms with van der Waals surface area (Å²) >= 11 is 0.